The summed E-state index contributed by atoms with van der Waals surface area (Å²) in [4.78, 5) is 37.2. The van der Waals surface area contributed by atoms with Crippen molar-refractivity contribution in [2.45, 2.75) is 38.6 Å². The normalized spacial score (nSPS) is 11.1. The number of aryl methyl sites for hydroxylation is 4. The number of aromatic nitrogens is 6. The van der Waals surface area contributed by atoms with Crippen molar-refractivity contribution >= 4 is 34.6 Å². The second-order valence-electron chi connectivity index (χ2n) is 7.09. The number of hydrogen-bond donors (Lipinski definition) is 2. The van der Waals surface area contributed by atoms with Gasteiger partial charge in [-0.15, -0.1) is 0 Å². The molecule has 3 heterocycles. The molecule has 8 nitrogen and oxygen atoms in total. The molecule has 0 unspecified atom stereocenters. The molecule has 1 aromatic carbocycles. The van der Waals surface area contributed by atoms with Gasteiger partial charge in [0.2, 0.25) is 11.9 Å². The maximum Gasteiger partial charge on any atom is 0.252 e. The molecular weight excluding hydrogens is 398 g/mol. The summed E-state index contributed by atoms with van der Waals surface area (Å²) in [6.07, 6.45) is 0. The van der Waals surface area contributed by atoms with Gasteiger partial charge in [-0.05, 0) is 45.9 Å². The predicted molar refractivity (Wildman–Crippen MR) is 118 cm³/mol. The molecule has 0 saturated carbocycles. The van der Waals surface area contributed by atoms with Crippen LogP contribution < -0.4 is 10.9 Å². The van der Waals surface area contributed by atoms with Crippen molar-refractivity contribution in [1.29, 1.82) is 0 Å². The molecule has 9 heteroatoms. The van der Waals surface area contributed by atoms with Crippen LogP contribution in [0.1, 0.15) is 28.3 Å². The minimum Gasteiger partial charge on any atom is -0.294 e. The third-order valence-electron chi connectivity index (χ3n) is 4.38. The van der Waals surface area contributed by atoms with Crippen molar-refractivity contribution in [3.8, 4) is 0 Å². The van der Waals surface area contributed by atoms with Gasteiger partial charge in [0.15, 0.2) is 5.16 Å². The first-order valence-electron chi connectivity index (χ1n) is 9.43. The number of rotatable bonds is 5. The topological polar surface area (TPSA) is 109 Å². The molecule has 2 N–H and O–H groups in total. The van der Waals surface area contributed by atoms with Crippen LogP contribution in [0.25, 0.3) is 10.9 Å². The number of H-pyrrole nitrogens is 1. The van der Waals surface area contributed by atoms with E-state index in [0.29, 0.717) is 28.5 Å². The average molecular weight is 420 g/mol. The Balaban J connectivity index is 1.57. The zero-order valence-electron chi connectivity index (χ0n) is 17.1. The first-order chi connectivity index (χ1) is 14.4. The van der Waals surface area contributed by atoms with Gasteiger partial charge in [-0.2, -0.15) is 0 Å². The molecule has 0 atom stereocenters. The number of anilines is 2. The Morgan fingerprint density at radius 2 is 1.70 bits per heavy atom. The Hall–Kier alpha value is -3.33. The quantitative estimate of drug-likeness (QED) is 0.372. The lowest BCUT2D eigenvalue weighted by Gasteiger charge is -2.09. The number of benzene rings is 1. The molecule has 4 aromatic rings. The van der Waals surface area contributed by atoms with Crippen molar-refractivity contribution in [2.24, 2.45) is 0 Å². The van der Waals surface area contributed by atoms with Gasteiger partial charge in [-0.3, -0.25) is 15.1 Å². The van der Waals surface area contributed by atoms with Crippen LogP contribution in [0.2, 0.25) is 0 Å². The maximum atomic E-state index is 12.1. The third-order valence-corrected chi connectivity index (χ3v) is 5.26. The number of thioether (sulfide) groups is 1. The van der Waals surface area contributed by atoms with Crippen molar-refractivity contribution < 1.29 is 0 Å². The first-order valence-corrected chi connectivity index (χ1v) is 10.4. The number of nitrogens with zero attached hydrogens (tertiary/aromatic N) is 5. The van der Waals surface area contributed by atoms with Crippen molar-refractivity contribution in [3.63, 3.8) is 0 Å². The van der Waals surface area contributed by atoms with Crippen LogP contribution >= 0.6 is 11.8 Å². The van der Waals surface area contributed by atoms with Gasteiger partial charge in [0, 0.05) is 28.6 Å². The fraction of sp³-hybridized carbons (Fsp3) is 0.238. The summed E-state index contributed by atoms with van der Waals surface area (Å²) in [6, 6.07) is 9.41. The van der Waals surface area contributed by atoms with Crippen molar-refractivity contribution in [3.05, 3.63) is 69.0 Å². The van der Waals surface area contributed by atoms with Gasteiger partial charge in [-0.25, -0.2) is 24.9 Å². The fourth-order valence-corrected chi connectivity index (χ4v) is 3.94. The zero-order chi connectivity index (χ0) is 21.3. The predicted octanol–water partition coefficient (Wildman–Crippen LogP) is 3.77. The molecule has 30 heavy (non-hydrogen) atoms. The van der Waals surface area contributed by atoms with E-state index in [2.05, 4.69) is 41.3 Å². The second kappa shape index (κ2) is 8.19. The van der Waals surface area contributed by atoms with Crippen LogP contribution in [-0.4, -0.2) is 29.9 Å². The van der Waals surface area contributed by atoms with Gasteiger partial charge in [-0.1, -0.05) is 23.4 Å². The van der Waals surface area contributed by atoms with E-state index in [-0.39, 0.29) is 5.56 Å². The Morgan fingerprint density at radius 3 is 2.47 bits per heavy atom. The van der Waals surface area contributed by atoms with Gasteiger partial charge in [0.1, 0.15) is 0 Å². The summed E-state index contributed by atoms with van der Waals surface area (Å²) >= 11 is 1.43. The summed E-state index contributed by atoms with van der Waals surface area (Å²) in [5.74, 6) is 1.15. The molecule has 0 aliphatic heterocycles. The third kappa shape index (κ3) is 4.62. The highest BCUT2D eigenvalue weighted by Gasteiger charge is 2.09. The molecule has 4 rings (SSSR count). The molecule has 0 amide bonds. The maximum absolute atomic E-state index is 12.1. The standard InChI is InChI=1S/C21H21N7OS/c1-11-5-6-17-16(7-11)14(4)24-19(26-17)28-20-25-15(9-18(29)27-20)10-30-21-22-12(2)8-13(3)23-21/h5-9H,10H2,1-4H3,(H2,24,25,26,27,28,29). The Morgan fingerprint density at radius 1 is 0.933 bits per heavy atom. The lowest BCUT2D eigenvalue weighted by molar-refractivity contribution is 0.900. The molecule has 0 aliphatic carbocycles. The molecule has 0 fully saturated rings. The lowest BCUT2D eigenvalue weighted by Crippen LogP contribution is -2.13. The Labute approximate surface area is 177 Å². The van der Waals surface area contributed by atoms with Crippen molar-refractivity contribution in [1.82, 2.24) is 29.9 Å². The SMILES string of the molecule is Cc1ccc2nc(Nc3nc(CSc4nc(C)cc(C)n4)cc(=O)[nH]3)nc(C)c2c1. The smallest absolute Gasteiger partial charge is 0.252 e. The average Bonchev–Trinajstić information content (AvgIpc) is 2.66. The lowest BCUT2D eigenvalue weighted by atomic mass is 10.1. The number of nitrogens with one attached hydrogen (secondary N) is 2. The number of aromatic amines is 1. The fourth-order valence-electron chi connectivity index (χ4n) is 3.09. The molecule has 0 saturated heterocycles. The van der Waals surface area contributed by atoms with Gasteiger partial charge in [0.25, 0.3) is 5.56 Å². The van der Waals surface area contributed by atoms with Gasteiger partial charge in [0.05, 0.1) is 16.9 Å². The van der Waals surface area contributed by atoms with Crippen LogP contribution in [-0.2, 0) is 5.75 Å². The molecule has 0 aliphatic rings. The molecule has 0 bridgehead atoms. The molecule has 0 radical (unpaired) electrons. The summed E-state index contributed by atoms with van der Waals surface area (Å²) in [5.41, 5.74) is 5.01. The molecule has 0 spiro atoms. The van der Waals surface area contributed by atoms with E-state index in [1.54, 1.807) is 0 Å². The summed E-state index contributed by atoms with van der Waals surface area (Å²) < 4.78 is 0. The monoisotopic (exact) mass is 419 g/mol. The summed E-state index contributed by atoms with van der Waals surface area (Å²) in [7, 11) is 0. The van der Waals surface area contributed by atoms with E-state index >= 15 is 0 Å². The number of hydrogen-bond acceptors (Lipinski definition) is 8. The van der Waals surface area contributed by atoms with E-state index in [0.717, 1.165) is 33.5 Å². The largest absolute Gasteiger partial charge is 0.294 e. The van der Waals surface area contributed by atoms with Gasteiger partial charge >= 0.3 is 0 Å². The summed E-state index contributed by atoms with van der Waals surface area (Å²) in [6.45, 7) is 7.83. The first kappa shape index (κ1) is 20.0. The van der Waals surface area contributed by atoms with E-state index in [4.69, 9.17) is 0 Å². The molecule has 152 valence electrons. The Bertz CT molecular complexity index is 1280. The Kier molecular flexibility index (Phi) is 5.45. The van der Waals surface area contributed by atoms with E-state index in [9.17, 15) is 4.79 Å². The van der Waals surface area contributed by atoms with Crippen LogP contribution in [0.15, 0.2) is 40.3 Å². The van der Waals surface area contributed by atoms with Crippen molar-refractivity contribution in [2.75, 3.05) is 5.32 Å². The highest BCUT2D eigenvalue weighted by atomic mass is 32.2. The van der Waals surface area contributed by atoms with Crippen LogP contribution in [0.5, 0.6) is 0 Å². The highest BCUT2D eigenvalue weighted by Crippen LogP contribution is 2.21. The number of fused-ring (bicyclic) bond motifs is 1. The second-order valence-corrected chi connectivity index (χ2v) is 8.03. The van der Waals surface area contributed by atoms with Crippen LogP contribution in [0, 0.1) is 27.7 Å². The molecule has 3 aromatic heterocycles. The van der Waals surface area contributed by atoms with E-state index < -0.39 is 0 Å². The minimum atomic E-state index is -0.252. The van der Waals surface area contributed by atoms with E-state index in [1.807, 2.05) is 45.9 Å². The van der Waals surface area contributed by atoms with Crippen LogP contribution in [0.4, 0.5) is 11.9 Å². The van der Waals surface area contributed by atoms with Gasteiger partial charge < -0.3 is 0 Å². The zero-order valence-corrected chi connectivity index (χ0v) is 18.0. The van der Waals surface area contributed by atoms with E-state index in [1.165, 1.54) is 17.8 Å². The van der Waals surface area contributed by atoms with Crippen LogP contribution in [0.3, 0.4) is 0 Å². The highest BCUT2D eigenvalue weighted by molar-refractivity contribution is 7.98. The minimum absolute atomic E-state index is 0.252. The summed E-state index contributed by atoms with van der Waals surface area (Å²) in [5, 5.41) is 4.68. The molecular formula is C21H21N7OS.